The Morgan fingerprint density at radius 1 is 1.24 bits per heavy atom. The first-order valence-electron chi connectivity index (χ1n) is 7.24. The Bertz CT molecular complexity index is 598. The number of anilines is 3. The standard InChI is InChI=1S/C15H19N5O/c1-2-12-5-3-4-6-13(12)17-14-11-16-19-15(18-14)20-7-9-21-10-8-20/h3-6,11H,2,7-10H2,1H3,(H,17,18,19). The molecule has 1 aliphatic rings. The first-order valence-corrected chi connectivity index (χ1v) is 7.24. The van der Waals surface area contributed by atoms with Crippen LogP contribution in [-0.2, 0) is 11.2 Å². The van der Waals surface area contributed by atoms with Gasteiger partial charge in [0.1, 0.15) is 0 Å². The number of benzene rings is 1. The number of nitrogens with one attached hydrogen (secondary N) is 1. The van der Waals surface area contributed by atoms with Gasteiger partial charge in [0.25, 0.3) is 0 Å². The average Bonchev–Trinajstić information content (AvgIpc) is 2.56. The molecule has 1 aromatic heterocycles. The van der Waals surface area contributed by atoms with Gasteiger partial charge in [0.15, 0.2) is 5.82 Å². The summed E-state index contributed by atoms with van der Waals surface area (Å²) in [5, 5.41) is 11.5. The van der Waals surface area contributed by atoms with Gasteiger partial charge >= 0.3 is 0 Å². The van der Waals surface area contributed by atoms with Crippen LogP contribution in [-0.4, -0.2) is 41.5 Å². The second kappa shape index (κ2) is 6.49. The van der Waals surface area contributed by atoms with Gasteiger partial charge in [0, 0.05) is 18.8 Å². The predicted molar refractivity (Wildman–Crippen MR) is 82.0 cm³/mol. The maximum Gasteiger partial charge on any atom is 0.247 e. The van der Waals surface area contributed by atoms with Crippen LogP contribution in [0.2, 0.25) is 0 Å². The van der Waals surface area contributed by atoms with Gasteiger partial charge in [-0.2, -0.15) is 10.1 Å². The number of rotatable bonds is 4. The number of hydrogen-bond acceptors (Lipinski definition) is 6. The van der Waals surface area contributed by atoms with Gasteiger partial charge in [-0.05, 0) is 18.1 Å². The number of para-hydroxylation sites is 1. The molecule has 1 fully saturated rings. The highest BCUT2D eigenvalue weighted by Crippen LogP contribution is 2.20. The highest BCUT2D eigenvalue weighted by atomic mass is 16.5. The monoisotopic (exact) mass is 285 g/mol. The van der Waals surface area contributed by atoms with E-state index in [2.05, 4.69) is 44.5 Å². The molecule has 1 aliphatic heterocycles. The molecule has 0 unspecified atom stereocenters. The third kappa shape index (κ3) is 3.28. The quantitative estimate of drug-likeness (QED) is 0.927. The number of aromatic nitrogens is 3. The fourth-order valence-corrected chi connectivity index (χ4v) is 2.34. The lowest BCUT2D eigenvalue weighted by Gasteiger charge is -2.26. The van der Waals surface area contributed by atoms with E-state index in [1.165, 1.54) is 5.56 Å². The van der Waals surface area contributed by atoms with Crippen molar-refractivity contribution < 1.29 is 4.74 Å². The van der Waals surface area contributed by atoms with Crippen molar-refractivity contribution in [2.75, 3.05) is 36.5 Å². The van der Waals surface area contributed by atoms with Gasteiger partial charge in [-0.3, -0.25) is 0 Å². The summed E-state index contributed by atoms with van der Waals surface area (Å²) in [6.07, 6.45) is 2.62. The Balaban J connectivity index is 1.79. The molecule has 0 spiro atoms. The molecule has 1 N–H and O–H groups in total. The number of ether oxygens (including phenoxy) is 1. The molecule has 6 nitrogen and oxygen atoms in total. The van der Waals surface area contributed by atoms with Crippen molar-refractivity contribution in [1.29, 1.82) is 0 Å². The first kappa shape index (κ1) is 13.8. The van der Waals surface area contributed by atoms with Crippen LogP contribution in [0.3, 0.4) is 0 Å². The highest BCUT2D eigenvalue weighted by Gasteiger charge is 2.14. The summed E-state index contributed by atoms with van der Waals surface area (Å²) in [5.74, 6) is 1.37. The lowest BCUT2D eigenvalue weighted by atomic mass is 10.1. The van der Waals surface area contributed by atoms with Crippen molar-refractivity contribution in [2.45, 2.75) is 13.3 Å². The molecule has 1 saturated heterocycles. The molecule has 0 atom stereocenters. The van der Waals surface area contributed by atoms with E-state index in [0.29, 0.717) is 25.0 Å². The SMILES string of the molecule is CCc1ccccc1Nc1cnnc(N2CCOCC2)n1. The molecule has 110 valence electrons. The smallest absolute Gasteiger partial charge is 0.247 e. The number of hydrogen-bond donors (Lipinski definition) is 1. The second-order valence-electron chi connectivity index (χ2n) is 4.88. The van der Waals surface area contributed by atoms with Crippen molar-refractivity contribution in [3.8, 4) is 0 Å². The van der Waals surface area contributed by atoms with Crippen molar-refractivity contribution in [1.82, 2.24) is 15.2 Å². The maximum absolute atomic E-state index is 5.34. The van der Waals surface area contributed by atoms with Crippen molar-refractivity contribution >= 4 is 17.5 Å². The van der Waals surface area contributed by atoms with Crippen LogP contribution >= 0.6 is 0 Å². The predicted octanol–water partition coefficient (Wildman–Crippen LogP) is 2.01. The molecule has 0 amide bonds. The van der Waals surface area contributed by atoms with Crippen molar-refractivity contribution in [2.24, 2.45) is 0 Å². The highest BCUT2D eigenvalue weighted by molar-refractivity contribution is 5.60. The summed E-state index contributed by atoms with van der Waals surface area (Å²) in [7, 11) is 0. The summed E-state index contributed by atoms with van der Waals surface area (Å²) in [4.78, 5) is 6.64. The molecule has 2 aromatic rings. The Labute approximate surface area is 124 Å². The summed E-state index contributed by atoms with van der Waals surface area (Å²) in [5.41, 5.74) is 2.32. The molecule has 0 bridgehead atoms. The van der Waals surface area contributed by atoms with E-state index in [1.54, 1.807) is 6.20 Å². The summed E-state index contributed by atoms with van der Waals surface area (Å²) >= 11 is 0. The Morgan fingerprint density at radius 3 is 2.86 bits per heavy atom. The summed E-state index contributed by atoms with van der Waals surface area (Å²) in [6, 6.07) is 8.22. The topological polar surface area (TPSA) is 63.2 Å². The van der Waals surface area contributed by atoms with Crippen molar-refractivity contribution in [3.05, 3.63) is 36.0 Å². The van der Waals surface area contributed by atoms with E-state index in [1.807, 2.05) is 12.1 Å². The van der Waals surface area contributed by atoms with E-state index in [9.17, 15) is 0 Å². The molecule has 21 heavy (non-hydrogen) atoms. The van der Waals surface area contributed by atoms with Crippen LogP contribution in [0.15, 0.2) is 30.5 Å². The minimum atomic E-state index is 0.650. The van der Waals surface area contributed by atoms with E-state index < -0.39 is 0 Å². The maximum atomic E-state index is 5.34. The van der Waals surface area contributed by atoms with Crippen LogP contribution in [0.1, 0.15) is 12.5 Å². The molecule has 1 aromatic carbocycles. The molecule has 2 heterocycles. The Hall–Kier alpha value is -2.21. The third-order valence-corrected chi connectivity index (χ3v) is 3.50. The van der Waals surface area contributed by atoms with Crippen LogP contribution in [0, 0.1) is 0 Å². The van der Waals surface area contributed by atoms with Crippen LogP contribution in [0.4, 0.5) is 17.5 Å². The van der Waals surface area contributed by atoms with Gasteiger partial charge in [-0.15, -0.1) is 5.10 Å². The largest absolute Gasteiger partial charge is 0.378 e. The van der Waals surface area contributed by atoms with Crippen LogP contribution in [0.5, 0.6) is 0 Å². The molecular weight excluding hydrogens is 266 g/mol. The first-order chi connectivity index (χ1) is 10.4. The van der Waals surface area contributed by atoms with Crippen LogP contribution in [0.25, 0.3) is 0 Å². The van der Waals surface area contributed by atoms with Gasteiger partial charge in [-0.1, -0.05) is 25.1 Å². The number of aryl methyl sites for hydroxylation is 1. The summed E-state index contributed by atoms with van der Waals surface area (Å²) < 4.78 is 5.34. The van der Waals surface area contributed by atoms with E-state index in [-0.39, 0.29) is 0 Å². The Morgan fingerprint density at radius 2 is 2.05 bits per heavy atom. The molecular formula is C15H19N5O. The van der Waals surface area contributed by atoms with E-state index in [4.69, 9.17) is 4.74 Å². The summed E-state index contributed by atoms with van der Waals surface area (Å²) in [6.45, 7) is 5.16. The molecule has 0 aliphatic carbocycles. The lowest BCUT2D eigenvalue weighted by molar-refractivity contribution is 0.122. The van der Waals surface area contributed by atoms with Crippen molar-refractivity contribution in [3.63, 3.8) is 0 Å². The average molecular weight is 285 g/mol. The van der Waals surface area contributed by atoms with Gasteiger partial charge in [0.05, 0.1) is 19.4 Å². The molecule has 0 radical (unpaired) electrons. The van der Waals surface area contributed by atoms with Gasteiger partial charge < -0.3 is 15.0 Å². The molecule has 0 saturated carbocycles. The van der Waals surface area contributed by atoms with Gasteiger partial charge in [-0.25, -0.2) is 0 Å². The fourth-order valence-electron chi connectivity index (χ4n) is 2.34. The third-order valence-electron chi connectivity index (χ3n) is 3.50. The zero-order chi connectivity index (χ0) is 14.5. The zero-order valence-corrected chi connectivity index (χ0v) is 12.1. The zero-order valence-electron chi connectivity index (χ0n) is 12.1. The van der Waals surface area contributed by atoms with Crippen LogP contribution < -0.4 is 10.2 Å². The van der Waals surface area contributed by atoms with Gasteiger partial charge in [0.2, 0.25) is 5.95 Å². The molecule has 3 rings (SSSR count). The normalized spacial score (nSPS) is 15.0. The number of nitrogens with zero attached hydrogens (tertiary/aromatic N) is 4. The van der Waals surface area contributed by atoms with E-state index in [0.717, 1.165) is 25.2 Å². The fraction of sp³-hybridized carbons (Fsp3) is 0.400. The lowest BCUT2D eigenvalue weighted by Crippen LogP contribution is -2.37. The minimum Gasteiger partial charge on any atom is -0.378 e. The second-order valence-corrected chi connectivity index (χ2v) is 4.88. The Kier molecular flexibility index (Phi) is 4.25. The van der Waals surface area contributed by atoms with E-state index >= 15 is 0 Å². The molecule has 6 heteroatoms. The minimum absolute atomic E-state index is 0.650. The number of morpholine rings is 1.